The molecule has 0 heterocycles. The number of carbonyl (C=O) groups excluding carboxylic acids is 2. The number of nitrogens with one attached hydrogen (secondary N) is 1. The van der Waals surface area contributed by atoms with Gasteiger partial charge >= 0.3 is 11.9 Å². The van der Waals surface area contributed by atoms with E-state index >= 15 is 0 Å². The normalized spacial score (nSPS) is 6.65. The molecule has 128 valence electrons. The third kappa shape index (κ3) is 55.2. The summed E-state index contributed by atoms with van der Waals surface area (Å²) in [6, 6.07) is 1.69. The maximum Gasteiger partial charge on any atom is 0.330 e. The topological polar surface area (TPSA) is 137 Å². The minimum Gasteiger partial charge on any atom is -0.478 e. The van der Waals surface area contributed by atoms with Crippen molar-refractivity contribution >= 4 is 17.8 Å². The summed E-state index contributed by atoms with van der Waals surface area (Å²) < 4.78 is 4.43. The van der Waals surface area contributed by atoms with Gasteiger partial charge in [-0.3, -0.25) is 4.79 Å². The highest BCUT2D eigenvalue weighted by Gasteiger charge is 1.86. The van der Waals surface area contributed by atoms with Crippen LogP contribution in [0.2, 0.25) is 0 Å². The van der Waals surface area contributed by atoms with Crippen LogP contribution in [0.25, 0.3) is 0 Å². The van der Waals surface area contributed by atoms with Crippen molar-refractivity contribution in [3.05, 3.63) is 50.6 Å². The lowest BCUT2D eigenvalue weighted by atomic mass is 10.6. The molecule has 8 heteroatoms. The molecule has 0 spiro atoms. The number of hydrogen-bond donors (Lipinski definition) is 3. The van der Waals surface area contributed by atoms with Gasteiger partial charge in [0.1, 0.15) is 6.73 Å². The van der Waals surface area contributed by atoms with Gasteiger partial charge in [-0.05, 0) is 13.0 Å². The number of aliphatic hydroxyl groups is 1. The van der Waals surface area contributed by atoms with Crippen LogP contribution in [0.1, 0.15) is 6.92 Å². The number of aliphatic carboxylic acids is 1. The van der Waals surface area contributed by atoms with E-state index in [1.807, 2.05) is 0 Å². The summed E-state index contributed by atoms with van der Waals surface area (Å²) in [6.07, 6.45) is 4.25. The van der Waals surface area contributed by atoms with Gasteiger partial charge in [-0.25, -0.2) is 9.59 Å². The first-order chi connectivity index (χ1) is 10.8. The minimum absolute atomic E-state index is 0.329. The SMILES string of the molecule is C=CC#N.C=CC(=O)NCO.C=CC(=O)O.C=CC(=O)OCC. The highest BCUT2D eigenvalue weighted by Crippen LogP contribution is 1.74. The van der Waals surface area contributed by atoms with Crippen LogP contribution in [0.5, 0.6) is 0 Å². The van der Waals surface area contributed by atoms with Gasteiger partial charge in [-0.2, -0.15) is 5.26 Å². The van der Waals surface area contributed by atoms with Crippen LogP contribution in [0.4, 0.5) is 0 Å². The summed E-state index contributed by atoms with van der Waals surface area (Å²) in [5, 5.41) is 25.2. The van der Waals surface area contributed by atoms with E-state index in [-0.39, 0.29) is 18.6 Å². The van der Waals surface area contributed by atoms with Crippen molar-refractivity contribution in [1.82, 2.24) is 5.32 Å². The predicted octanol–water partition coefficient (Wildman–Crippen LogP) is 0.927. The van der Waals surface area contributed by atoms with Crippen molar-refractivity contribution in [1.29, 1.82) is 5.26 Å². The Morgan fingerprint density at radius 1 is 1.17 bits per heavy atom. The van der Waals surface area contributed by atoms with Crippen molar-refractivity contribution in [3.63, 3.8) is 0 Å². The Balaban J connectivity index is -0.000000107. The van der Waals surface area contributed by atoms with Crippen LogP contribution in [0, 0.1) is 11.3 Å². The number of nitrogens with zero attached hydrogens (tertiary/aromatic N) is 1. The Kier molecular flexibility index (Phi) is 33.2. The number of esters is 1. The molecule has 0 atom stereocenters. The van der Waals surface area contributed by atoms with Crippen LogP contribution in [0.3, 0.4) is 0 Å². The predicted molar refractivity (Wildman–Crippen MR) is 85.9 cm³/mol. The van der Waals surface area contributed by atoms with E-state index in [2.05, 4.69) is 36.4 Å². The molecule has 0 saturated carbocycles. The third-order valence-corrected chi connectivity index (χ3v) is 1.16. The van der Waals surface area contributed by atoms with E-state index in [9.17, 15) is 14.4 Å². The van der Waals surface area contributed by atoms with Gasteiger partial charge in [-0.1, -0.05) is 26.3 Å². The van der Waals surface area contributed by atoms with Gasteiger partial charge in [0, 0.05) is 18.2 Å². The van der Waals surface area contributed by atoms with Crippen LogP contribution in [0.15, 0.2) is 50.6 Å². The van der Waals surface area contributed by atoms with E-state index < -0.39 is 5.97 Å². The molecule has 0 aromatic carbocycles. The molecule has 0 fully saturated rings. The molecular formula is C15H22N2O6. The minimum atomic E-state index is -0.981. The largest absolute Gasteiger partial charge is 0.478 e. The van der Waals surface area contributed by atoms with E-state index in [1.54, 1.807) is 13.0 Å². The number of rotatable bonds is 5. The van der Waals surface area contributed by atoms with Crippen molar-refractivity contribution in [2.24, 2.45) is 0 Å². The molecule has 1 amide bonds. The van der Waals surface area contributed by atoms with Gasteiger partial charge < -0.3 is 20.3 Å². The zero-order chi connectivity index (χ0) is 19.1. The van der Waals surface area contributed by atoms with Crippen LogP contribution in [-0.2, 0) is 19.1 Å². The first-order valence-electron chi connectivity index (χ1n) is 5.97. The summed E-state index contributed by atoms with van der Waals surface area (Å²) in [5.41, 5.74) is 0. The molecule has 0 aliphatic carbocycles. The molecule has 0 aliphatic rings. The number of ether oxygens (including phenoxy) is 1. The summed E-state index contributed by atoms with van der Waals surface area (Å²) >= 11 is 0. The number of amides is 1. The smallest absolute Gasteiger partial charge is 0.330 e. The van der Waals surface area contributed by atoms with E-state index in [0.717, 1.165) is 18.2 Å². The fraction of sp³-hybridized carbons (Fsp3) is 0.200. The molecule has 8 nitrogen and oxygen atoms in total. The summed E-state index contributed by atoms with van der Waals surface area (Å²) in [5.74, 6) is -1.70. The molecule has 23 heavy (non-hydrogen) atoms. The van der Waals surface area contributed by atoms with Crippen molar-refractivity contribution < 1.29 is 29.3 Å². The average Bonchev–Trinajstić information content (AvgIpc) is 2.56. The lowest BCUT2D eigenvalue weighted by molar-refractivity contribution is -0.137. The van der Waals surface area contributed by atoms with Crippen LogP contribution >= 0.6 is 0 Å². The Morgan fingerprint density at radius 2 is 1.61 bits per heavy atom. The molecule has 0 rings (SSSR count). The fourth-order valence-electron chi connectivity index (χ4n) is 0.351. The Hall–Kier alpha value is -3.18. The number of hydrogen-bond acceptors (Lipinski definition) is 6. The van der Waals surface area contributed by atoms with E-state index in [4.69, 9.17) is 15.5 Å². The number of nitriles is 1. The van der Waals surface area contributed by atoms with Crippen molar-refractivity contribution in [2.45, 2.75) is 6.92 Å². The fourth-order valence-corrected chi connectivity index (χ4v) is 0.351. The van der Waals surface area contributed by atoms with E-state index in [0.29, 0.717) is 6.61 Å². The lowest BCUT2D eigenvalue weighted by Crippen LogP contribution is -2.20. The third-order valence-electron chi connectivity index (χ3n) is 1.16. The van der Waals surface area contributed by atoms with Crippen LogP contribution < -0.4 is 5.32 Å². The lowest BCUT2D eigenvalue weighted by Gasteiger charge is -1.90. The summed E-state index contributed by atoms with van der Waals surface area (Å²) in [7, 11) is 0. The number of carbonyl (C=O) groups is 3. The second-order valence-electron chi connectivity index (χ2n) is 2.74. The second-order valence-corrected chi connectivity index (χ2v) is 2.74. The molecule has 3 N–H and O–H groups in total. The average molecular weight is 326 g/mol. The zero-order valence-corrected chi connectivity index (χ0v) is 13.0. The molecule has 0 aliphatic heterocycles. The number of carboxylic acids is 1. The first kappa shape index (κ1) is 28.0. The second kappa shape index (κ2) is 27.2. The molecule has 0 saturated heterocycles. The zero-order valence-electron chi connectivity index (χ0n) is 13.0. The summed E-state index contributed by atoms with van der Waals surface area (Å²) in [6.45, 7) is 14.3. The monoisotopic (exact) mass is 326 g/mol. The number of carboxylic acid groups (broad SMARTS) is 1. The number of allylic oxidation sites excluding steroid dienone is 1. The van der Waals surface area contributed by atoms with Crippen LogP contribution in [-0.4, -0.2) is 41.4 Å². The standard InChI is InChI=1S/C5H8O2.C4H7NO2.C3H3N.C3H4O2/c1-3-5(6)7-4-2;1-2-4(7)5-3-6;1-2-3-4;1-2-3(4)5/h3H,1,4H2,2H3;2,6H,1,3H2,(H,5,7);2H,1H2;2H,1H2,(H,4,5). The quantitative estimate of drug-likeness (QED) is 0.296. The van der Waals surface area contributed by atoms with Gasteiger partial charge in [-0.15, -0.1) is 0 Å². The Bertz CT molecular complexity index is 402. The molecule has 0 aromatic heterocycles. The Morgan fingerprint density at radius 3 is 1.70 bits per heavy atom. The van der Waals surface area contributed by atoms with Crippen molar-refractivity contribution in [3.8, 4) is 6.07 Å². The highest BCUT2D eigenvalue weighted by molar-refractivity contribution is 5.86. The molecule has 0 bridgehead atoms. The Labute approximate surface area is 135 Å². The van der Waals surface area contributed by atoms with Gasteiger partial charge in [0.05, 0.1) is 12.7 Å². The molecule has 0 unspecified atom stereocenters. The van der Waals surface area contributed by atoms with Gasteiger partial charge in [0.15, 0.2) is 0 Å². The molecular weight excluding hydrogens is 304 g/mol. The maximum atomic E-state index is 10.1. The molecule has 0 radical (unpaired) electrons. The maximum absolute atomic E-state index is 10.1. The van der Waals surface area contributed by atoms with Gasteiger partial charge in [0.2, 0.25) is 5.91 Å². The van der Waals surface area contributed by atoms with Gasteiger partial charge in [0.25, 0.3) is 0 Å². The van der Waals surface area contributed by atoms with E-state index in [1.165, 1.54) is 6.08 Å². The number of aliphatic hydroxyl groups excluding tert-OH is 1. The highest BCUT2D eigenvalue weighted by atomic mass is 16.5. The first-order valence-corrected chi connectivity index (χ1v) is 5.97. The summed E-state index contributed by atoms with van der Waals surface area (Å²) in [4.78, 5) is 29.3. The van der Waals surface area contributed by atoms with Crippen molar-refractivity contribution in [2.75, 3.05) is 13.3 Å². The molecule has 0 aromatic rings.